The highest BCUT2D eigenvalue weighted by Gasteiger charge is 2.22. The Morgan fingerprint density at radius 2 is 2.13 bits per heavy atom. The van der Waals surface area contributed by atoms with Crippen LogP contribution in [0.15, 0.2) is 18.2 Å². The predicted octanol–water partition coefficient (Wildman–Crippen LogP) is 3.13. The fourth-order valence-electron chi connectivity index (χ4n) is 1.33. The monoisotopic (exact) mass is 243 g/mol. The van der Waals surface area contributed by atoms with Gasteiger partial charge in [-0.2, -0.15) is 0 Å². The number of amides is 1. The summed E-state index contributed by atoms with van der Waals surface area (Å²) in [6, 6.07) is 4.89. The van der Waals surface area contributed by atoms with Crippen molar-refractivity contribution in [3.8, 4) is 0 Å². The molecule has 0 atom stereocenters. The second-order valence-electron chi connectivity index (χ2n) is 3.78. The third kappa shape index (κ3) is 2.86. The lowest BCUT2D eigenvalue weighted by Crippen LogP contribution is -2.25. The molecular weight excluding hydrogens is 233 g/mol. The van der Waals surface area contributed by atoms with Gasteiger partial charge in [-0.25, -0.2) is 0 Å². The highest BCUT2D eigenvalue weighted by molar-refractivity contribution is 6.36. The fourth-order valence-corrected chi connectivity index (χ4v) is 1.82. The van der Waals surface area contributed by atoms with Gasteiger partial charge in [0.15, 0.2) is 0 Å². The number of rotatable bonds is 3. The minimum absolute atomic E-state index is 0.122. The van der Waals surface area contributed by atoms with E-state index in [0.29, 0.717) is 21.5 Å². The molecule has 0 saturated heterocycles. The summed E-state index contributed by atoms with van der Waals surface area (Å²) in [5.41, 5.74) is 0.488. The third-order valence-electron chi connectivity index (χ3n) is 2.42. The first kappa shape index (κ1) is 10.8. The molecule has 0 aliphatic heterocycles. The molecule has 1 fully saturated rings. The van der Waals surface area contributed by atoms with Gasteiger partial charge in [0.2, 0.25) is 0 Å². The van der Waals surface area contributed by atoms with Crippen molar-refractivity contribution in [1.82, 2.24) is 5.32 Å². The minimum Gasteiger partial charge on any atom is -0.352 e. The molecule has 0 spiro atoms. The summed E-state index contributed by atoms with van der Waals surface area (Å²) in [4.78, 5) is 11.7. The standard InChI is InChI=1S/C11H11Cl2NO/c12-8-3-4-9(10(13)5-8)11(15)14-6-7-1-2-7/h3-5,7H,1-2,6H2,(H,14,15). The lowest BCUT2D eigenvalue weighted by Gasteiger charge is -2.05. The smallest absolute Gasteiger partial charge is 0.252 e. The summed E-state index contributed by atoms with van der Waals surface area (Å²) >= 11 is 11.7. The number of carbonyl (C=O) groups excluding carboxylic acids is 1. The zero-order chi connectivity index (χ0) is 10.8. The summed E-state index contributed by atoms with van der Waals surface area (Å²) in [6.45, 7) is 0.748. The van der Waals surface area contributed by atoms with Crippen molar-refractivity contribution in [2.45, 2.75) is 12.8 Å². The SMILES string of the molecule is O=C(NCC1CC1)c1ccc(Cl)cc1Cl. The van der Waals surface area contributed by atoms with Crippen LogP contribution in [0.5, 0.6) is 0 Å². The molecule has 0 radical (unpaired) electrons. The fraction of sp³-hybridized carbons (Fsp3) is 0.364. The van der Waals surface area contributed by atoms with E-state index in [0.717, 1.165) is 6.54 Å². The van der Waals surface area contributed by atoms with E-state index in [2.05, 4.69) is 5.32 Å². The molecule has 1 N–H and O–H groups in total. The van der Waals surface area contributed by atoms with E-state index in [9.17, 15) is 4.79 Å². The maximum absolute atomic E-state index is 11.7. The van der Waals surface area contributed by atoms with Gasteiger partial charge in [0.05, 0.1) is 10.6 Å². The van der Waals surface area contributed by atoms with Crippen LogP contribution in [0.25, 0.3) is 0 Å². The van der Waals surface area contributed by atoms with Crippen molar-refractivity contribution >= 4 is 29.1 Å². The third-order valence-corrected chi connectivity index (χ3v) is 2.97. The zero-order valence-electron chi connectivity index (χ0n) is 8.09. The first-order valence-corrected chi connectivity index (χ1v) is 5.65. The number of hydrogen-bond acceptors (Lipinski definition) is 1. The zero-order valence-corrected chi connectivity index (χ0v) is 9.61. The van der Waals surface area contributed by atoms with Gasteiger partial charge in [-0.15, -0.1) is 0 Å². The van der Waals surface area contributed by atoms with Crippen molar-refractivity contribution in [3.63, 3.8) is 0 Å². The molecule has 1 aromatic rings. The van der Waals surface area contributed by atoms with Crippen molar-refractivity contribution in [3.05, 3.63) is 33.8 Å². The molecule has 1 aliphatic rings. The summed E-state index contributed by atoms with van der Waals surface area (Å²) in [5, 5.41) is 3.79. The van der Waals surface area contributed by atoms with Gasteiger partial charge in [-0.3, -0.25) is 4.79 Å². The summed E-state index contributed by atoms with van der Waals surface area (Å²) in [7, 11) is 0. The van der Waals surface area contributed by atoms with Gasteiger partial charge in [-0.05, 0) is 37.0 Å². The maximum atomic E-state index is 11.7. The molecule has 0 bridgehead atoms. The van der Waals surface area contributed by atoms with Crippen LogP contribution >= 0.6 is 23.2 Å². The molecule has 15 heavy (non-hydrogen) atoms. The van der Waals surface area contributed by atoms with E-state index in [1.165, 1.54) is 12.8 Å². The Morgan fingerprint density at radius 1 is 1.40 bits per heavy atom. The second kappa shape index (κ2) is 4.42. The van der Waals surface area contributed by atoms with Gasteiger partial charge in [-0.1, -0.05) is 23.2 Å². The molecule has 0 heterocycles. The molecule has 1 aliphatic carbocycles. The molecule has 2 nitrogen and oxygen atoms in total. The van der Waals surface area contributed by atoms with E-state index < -0.39 is 0 Å². The van der Waals surface area contributed by atoms with Gasteiger partial charge < -0.3 is 5.32 Å². The van der Waals surface area contributed by atoms with E-state index in [1.54, 1.807) is 18.2 Å². The van der Waals surface area contributed by atoms with Crippen LogP contribution in [0.3, 0.4) is 0 Å². The Balaban J connectivity index is 2.03. The highest BCUT2D eigenvalue weighted by atomic mass is 35.5. The number of benzene rings is 1. The summed E-state index contributed by atoms with van der Waals surface area (Å²) in [6.07, 6.45) is 2.43. The molecule has 0 aromatic heterocycles. The summed E-state index contributed by atoms with van der Waals surface area (Å²) in [5.74, 6) is 0.545. The average Bonchev–Trinajstić information content (AvgIpc) is 2.97. The van der Waals surface area contributed by atoms with Crippen molar-refractivity contribution < 1.29 is 4.79 Å². The van der Waals surface area contributed by atoms with Crippen molar-refractivity contribution in [2.75, 3.05) is 6.54 Å². The normalized spacial score (nSPS) is 15.1. The Labute approximate surface area is 98.6 Å². The quantitative estimate of drug-likeness (QED) is 0.869. The maximum Gasteiger partial charge on any atom is 0.252 e. The second-order valence-corrected chi connectivity index (χ2v) is 4.62. The molecule has 1 aromatic carbocycles. The number of nitrogens with one attached hydrogen (secondary N) is 1. The minimum atomic E-state index is -0.122. The number of halogens is 2. The Hall–Kier alpha value is -0.730. The molecule has 4 heteroatoms. The predicted molar refractivity (Wildman–Crippen MR) is 61.5 cm³/mol. The van der Waals surface area contributed by atoms with Crippen LogP contribution in [-0.2, 0) is 0 Å². The Morgan fingerprint density at radius 3 is 2.73 bits per heavy atom. The molecule has 0 unspecified atom stereocenters. The van der Waals surface area contributed by atoms with Gasteiger partial charge in [0, 0.05) is 11.6 Å². The first-order chi connectivity index (χ1) is 7.16. The molecule has 1 amide bonds. The van der Waals surface area contributed by atoms with E-state index in [4.69, 9.17) is 23.2 Å². The largest absolute Gasteiger partial charge is 0.352 e. The van der Waals surface area contributed by atoms with Gasteiger partial charge in [0.25, 0.3) is 5.91 Å². The van der Waals surface area contributed by atoms with Crippen molar-refractivity contribution in [2.24, 2.45) is 5.92 Å². The number of carbonyl (C=O) groups is 1. The average molecular weight is 244 g/mol. The first-order valence-electron chi connectivity index (χ1n) is 4.90. The van der Waals surface area contributed by atoms with Crippen LogP contribution in [-0.4, -0.2) is 12.5 Å². The topological polar surface area (TPSA) is 29.1 Å². The lowest BCUT2D eigenvalue weighted by atomic mass is 10.2. The lowest BCUT2D eigenvalue weighted by molar-refractivity contribution is 0.0952. The molecular formula is C11H11Cl2NO. The summed E-state index contributed by atoms with van der Waals surface area (Å²) < 4.78 is 0. The van der Waals surface area contributed by atoms with Crippen LogP contribution in [0.4, 0.5) is 0 Å². The van der Waals surface area contributed by atoms with E-state index in [-0.39, 0.29) is 5.91 Å². The van der Waals surface area contributed by atoms with Crippen LogP contribution in [0.1, 0.15) is 23.2 Å². The Kier molecular flexibility index (Phi) is 3.17. The molecule has 1 saturated carbocycles. The van der Waals surface area contributed by atoms with Gasteiger partial charge in [0.1, 0.15) is 0 Å². The number of hydrogen-bond donors (Lipinski definition) is 1. The van der Waals surface area contributed by atoms with Crippen LogP contribution in [0.2, 0.25) is 10.0 Å². The molecule has 80 valence electrons. The molecule has 2 rings (SSSR count). The van der Waals surface area contributed by atoms with Crippen molar-refractivity contribution in [1.29, 1.82) is 0 Å². The van der Waals surface area contributed by atoms with Crippen LogP contribution in [0, 0.1) is 5.92 Å². The Bertz CT molecular complexity index is 388. The van der Waals surface area contributed by atoms with Crippen LogP contribution < -0.4 is 5.32 Å². The highest BCUT2D eigenvalue weighted by Crippen LogP contribution is 2.28. The van der Waals surface area contributed by atoms with E-state index >= 15 is 0 Å². The van der Waals surface area contributed by atoms with E-state index in [1.807, 2.05) is 0 Å². The van der Waals surface area contributed by atoms with Gasteiger partial charge >= 0.3 is 0 Å².